The van der Waals surface area contributed by atoms with Gasteiger partial charge >= 0.3 is 0 Å². The van der Waals surface area contributed by atoms with Crippen LogP contribution < -0.4 is 25.2 Å². The average molecular weight is 453 g/mol. The maximum atomic E-state index is 13.0. The molecular formula is C24H32N6O3. The van der Waals surface area contributed by atoms with Gasteiger partial charge in [0.2, 0.25) is 11.9 Å². The van der Waals surface area contributed by atoms with Crippen LogP contribution in [0.4, 0.5) is 23.1 Å². The molecule has 0 bridgehead atoms. The summed E-state index contributed by atoms with van der Waals surface area (Å²) in [6.07, 6.45) is 6.89. The van der Waals surface area contributed by atoms with Gasteiger partial charge in [0.05, 0.1) is 19.0 Å². The molecule has 33 heavy (non-hydrogen) atoms. The number of carbonyl (C=O) groups is 2. The number of methoxy groups -OCH3 is 1. The predicted molar refractivity (Wildman–Crippen MR) is 129 cm³/mol. The third-order valence-corrected chi connectivity index (χ3v) is 6.46. The second-order valence-corrected chi connectivity index (χ2v) is 8.47. The molecule has 2 N–H and O–H groups in total. The molecule has 2 heterocycles. The molecule has 9 nitrogen and oxygen atoms in total. The maximum absolute atomic E-state index is 13.0. The van der Waals surface area contributed by atoms with Gasteiger partial charge in [0, 0.05) is 25.2 Å². The summed E-state index contributed by atoms with van der Waals surface area (Å²) in [5.74, 6) is 1.65. The highest BCUT2D eigenvalue weighted by molar-refractivity contribution is 6.04. The highest BCUT2D eigenvalue weighted by atomic mass is 16.5. The number of aromatic nitrogens is 2. The third kappa shape index (κ3) is 4.31. The predicted octanol–water partition coefficient (Wildman–Crippen LogP) is 3.48. The number of nitrogens with one attached hydrogen (secondary N) is 2. The first-order valence-corrected chi connectivity index (χ1v) is 11.6. The van der Waals surface area contributed by atoms with Gasteiger partial charge in [0.1, 0.15) is 17.5 Å². The average Bonchev–Trinajstić information content (AvgIpc) is 3.36. The molecule has 2 amide bonds. The molecule has 0 saturated heterocycles. The fourth-order valence-electron chi connectivity index (χ4n) is 4.76. The van der Waals surface area contributed by atoms with Gasteiger partial charge < -0.3 is 25.2 Å². The van der Waals surface area contributed by atoms with E-state index >= 15 is 0 Å². The number of nitrogens with zero attached hydrogens (tertiary/aromatic N) is 4. The van der Waals surface area contributed by atoms with Gasteiger partial charge in [-0.1, -0.05) is 19.8 Å². The summed E-state index contributed by atoms with van der Waals surface area (Å²) in [5.41, 5.74) is 1.90. The van der Waals surface area contributed by atoms with Crippen LogP contribution in [0.2, 0.25) is 0 Å². The number of hydrogen-bond donors (Lipinski definition) is 2. The van der Waals surface area contributed by atoms with Crippen LogP contribution in [0, 0.1) is 0 Å². The normalized spacial score (nSPS) is 18.3. The Kier molecular flexibility index (Phi) is 6.67. The van der Waals surface area contributed by atoms with Crippen molar-refractivity contribution in [1.29, 1.82) is 0 Å². The molecule has 0 unspecified atom stereocenters. The molecule has 1 aromatic carbocycles. The van der Waals surface area contributed by atoms with Crippen LogP contribution in [0.5, 0.6) is 5.75 Å². The summed E-state index contributed by atoms with van der Waals surface area (Å²) >= 11 is 0. The molecular weight excluding hydrogens is 420 g/mol. The molecule has 1 saturated carbocycles. The van der Waals surface area contributed by atoms with Crippen LogP contribution >= 0.6 is 0 Å². The lowest BCUT2D eigenvalue weighted by molar-refractivity contribution is -0.120. The van der Waals surface area contributed by atoms with Gasteiger partial charge in [-0.25, -0.2) is 4.98 Å². The number of fused-ring (bicyclic) bond motifs is 1. The van der Waals surface area contributed by atoms with Gasteiger partial charge in [-0.05, 0) is 44.4 Å². The van der Waals surface area contributed by atoms with Crippen molar-refractivity contribution < 1.29 is 14.3 Å². The largest absolute Gasteiger partial charge is 0.495 e. The minimum Gasteiger partial charge on any atom is -0.495 e. The number of carbonyl (C=O) groups excluding carboxylic acids is 2. The van der Waals surface area contributed by atoms with Gasteiger partial charge in [0.25, 0.3) is 5.91 Å². The van der Waals surface area contributed by atoms with E-state index in [1.165, 1.54) is 12.8 Å². The lowest BCUT2D eigenvalue weighted by Gasteiger charge is -2.43. The summed E-state index contributed by atoms with van der Waals surface area (Å²) in [7, 11) is 3.35. The standard InChI is InChI=1S/C24H32N6O3/c1-5-18-23(32)29(3)19-14-26-24(28-21(19)30(18)16-9-7-8-10-16)27-17-12-11-15(13-20(17)33-4)22(31)25-6-2/h11-14,16,18H,5-10H2,1-4H3,(H,25,31)(H,26,27,28)/t18-/m1/s1. The van der Waals surface area contributed by atoms with Crippen LogP contribution in [0.1, 0.15) is 56.3 Å². The number of rotatable bonds is 7. The molecule has 2 aliphatic rings. The van der Waals surface area contributed by atoms with Gasteiger partial charge in [-0.3, -0.25) is 9.59 Å². The lowest BCUT2D eigenvalue weighted by atomic mass is 10.0. The van der Waals surface area contributed by atoms with Crippen molar-refractivity contribution in [3.05, 3.63) is 30.0 Å². The van der Waals surface area contributed by atoms with E-state index in [0.717, 1.165) is 30.8 Å². The van der Waals surface area contributed by atoms with Crippen LogP contribution in [-0.4, -0.2) is 54.6 Å². The van der Waals surface area contributed by atoms with Gasteiger partial charge in [-0.2, -0.15) is 4.98 Å². The van der Waals surface area contributed by atoms with E-state index in [2.05, 4.69) is 20.5 Å². The van der Waals surface area contributed by atoms with E-state index in [1.807, 2.05) is 13.8 Å². The zero-order valence-corrected chi connectivity index (χ0v) is 19.7. The highest BCUT2D eigenvalue weighted by Crippen LogP contribution is 2.40. The summed E-state index contributed by atoms with van der Waals surface area (Å²) in [5, 5.41) is 6.02. The summed E-state index contributed by atoms with van der Waals surface area (Å²) in [6.45, 7) is 4.48. The SMILES string of the molecule is CCNC(=O)c1ccc(Nc2ncc3c(n2)N(C2CCCC2)[C@H](CC)C(=O)N3C)c(OC)c1. The van der Waals surface area contributed by atoms with Crippen molar-refractivity contribution in [3.63, 3.8) is 0 Å². The van der Waals surface area contributed by atoms with Crippen molar-refractivity contribution in [2.75, 3.05) is 35.8 Å². The first-order valence-electron chi connectivity index (χ1n) is 11.6. The Morgan fingerprint density at radius 3 is 2.67 bits per heavy atom. The number of likely N-dealkylation sites (N-methyl/N-ethyl adjacent to an activating group) is 1. The zero-order chi connectivity index (χ0) is 23.5. The topological polar surface area (TPSA) is 99.7 Å². The first-order chi connectivity index (χ1) is 16.0. The third-order valence-electron chi connectivity index (χ3n) is 6.46. The lowest BCUT2D eigenvalue weighted by Crippen LogP contribution is -2.55. The zero-order valence-electron chi connectivity index (χ0n) is 19.7. The molecule has 1 atom stereocenters. The Morgan fingerprint density at radius 1 is 1.24 bits per heavy atom. The molecule has 1 aromatic heterocycles. The molecule has 2 aromatic rings. The number of ether oxygens (including phenoxy) is 1. The number of anilines is 4. The van der Waals surface area contributed by atoms with Crippen molar-refractivity contribution >= 4 is 35.0 Å². The summed E-state index contributed by atoms with van der Waals surface area (Å²) < 4.78 is 5.51. The first kappa shape index (κ1) is 22.8. The summed E-state index contributed by atoms with van der Waals surface area (Å²) in [6, 6.07) is 5.29. The second-order valence-electron chi connectivity index (χ2n) is 8.47. The van der Waals surface area contributed by atoms with Crippen LogP contribution in [-0.2, 0) is 4.79 Å². The highest BCUT2D eigenvalue weighted by Gasteiger charge is 2.41. The molecule has 0 radical (unpaired) electrons. The fraction of sp³-hybridized carbons (Fsp3) is 0.500. The van der Waals surface area contributed by atoms with Crippen LogP contribution in [0.15, 0.2) is 24.4 Å². The molecule has 1 fully saturated rings. The van der Waals surface area contributed by atoms with Crippen molar-refractivity contribution in [3.8, 4) is 5.75 Å². The monoisotopic (exact) mass is 452 g/mol. The van der Waals surface area contributed by atoms with E-state index in [-0.39, 0.29) is 17.9 Å². The maximum Gasteiger partial charge on any atom is 0.251 e. The second kappa shape index (κ2) is 9.64. The molecule has 0 spiro atoms. The van der Waals surface area contributed by atoms with Gasteiger partial charge in [0.15, 0.2) is 5.82 Å². The minimum absolute atomic E-state index is 0.0869. The Bertz CT molecular complexity index is 1040. The number of amides is 2. The Labute approximate surface area is 194 Å². The number of benzene rings is 1. The van der Waals surface area contributed by atoms with Gasteiger partial charge in [-0.15, -0.1) is 0 Å². The minimum atomic E-state index is -0.223. The molecule has 176 valence electrons. The number of hydrogen-bond acceptors (Lipinski definition) is 7. The smallest absolute Gasteiger partial charge is 0.251 e. The molecule has 9 heteroatoms. The Hall–Kier alpha value is -3.36. The van der Waals surface area contributed by atoms with E-state index in [4.69, 9.17) is 9.72 Å². The van der Waals surface area contributed by atoms with E-state index < -0.39 is 0 Å². The van der Waals surface area contributed by atoms with E-state index in [9.17, 15) is 9.59 Å². The quantitative estimate of drug-likeness (QED) is 0.663. The van der Waals surface area contributed by atoms with Crippen molar-refractivity contribution in [2.45, 2.75) is 58.0 Å². The van der Waals surface area contributed by atoms with Crippen LogP contribution in [0.25, 0.3) is 0 Å². The fourth-order valence-corrected chi connectivity index (χ4v) is 4.76. The van der Waals surface area contributed by atoms with E-state index in [1.54, 1.807) is 43.5 Å². The Balaban J connectivity index is 1.68. The van der Waals surface area contributed by atoms with E-state index in [0.29, 0.717) is 35.5 Å². The van der Waals surface area contributed by atoms with Crippen molar-refractivity contribution in [2.24, 2.45) is 0 Å². The van der Waals surface area contributed by atoms with Crippen LogP contribution in [0.3, 0.4) is 0 Å². The summed E-state index contributed by atoms with van der Waals surface area (Å²) in [4.78, 5) is 38.4. The van der Waals surface area contributed by atoms with Crippen molar-refractivity contribution in [1.82, 2.24) is 15.3 Å². The molecule has 4 rings (SSSR count). The molecule has 1 aliphatic heterocycles. The molecule has 1 aliphatic carbocycles. The Morgan fingerprint density at radius 2 is 2.00 bits per heavy atom.